The number of benzene rings is 1. The van der Waals surface area contributed by atoms with Gasteiger partial charge in [-0.2, -0.15) is 4.98 Å². The number of aromatic nitrogens is 2. The van der Waals surface area contributed by atoms with Gasteiger partial charge < -0.3 is 19.0 Å². The molecule has 0 amide bonds. The zero-order chi connectivity index (χ0) is 22.1. The molecule has 2 fully saturated rings. The van der Waals surface area contributed by atoms with Gasteiger partial charge >= 0.3 is 0 Å². The van der Waals surface area contributed by atoms with Crippen molar-refractivity contribution in [3.05, 3.63) is 16.9 Å². The van der Waals surface area contributed by atoms with E-state index in [2.05, 4.69) is 4.98 Å². The number of halogens is 2. The lowest BCUT2D eigenvalue weighted by Gasteiger charge is -2.29. The lowest BCUT2D eigenvalue weighted by molar-refractivity contribution is -0.118. The monoisotopic (exact) mass is 452 g/mol. The van der Waals surface area contributed by atoms with Crippen molar-refractivity contribution in [1.29, 1.82) is 0 Å². The van der Waals surface area contributed by atoms with Crippen LogP contribution in [0.25, 0.3) is 11.0 Å². The molecule has 4 rings (SSSR count). The summed E-state index contributed by atoms with van der Waals surface area (Å²) in [5.74, 6) is 0.330. The third-order valence-corrected chi connectivity index (χ3v) is 6.29. The number of carbonyl (C=O) groups is 1. The fraction of sp³-hybridized carbons (Fsp3) is 0.652. The highest BCUT2D eigenvalue weighted by atomic mass is 35.5. The molecule has 0 N–H and O–H groups in total. The molecule has 2 aliphatic carbocycles. The SMILES string of the molecule is CC(=O)C[C@@H](C)COC1CCC(Oc2nc3c(F)cc(OC4CC4)c(Cl)c3n2C)CC1. The molecule has 6 nitrogen and oxygen atoms in total. The molecule has 1 aromatic carbocycles. The number of hydrogen-bond donors (Lipinski definition) is 0. The zero-order valence-corrected chi connectivity index (χ0v) is 19.1. The fourth-order valence-electron chi connectivity index (χ4n) is 4.13. The van der Waals surface area contributed by atoms with Gasteiger partial charge in [-0.3, -0.25) is 4.57 Å². The summed E-state index contributed by atoms with van der Waals surface area (Å²) in [6.07, 6.45) is 6.24. The van der Waals surface area contributed by atoms with E-state index in [1.807, 2.05) is 6.92 Å². The highest BCUT2D eigenvalue weighted by Gasteiger charge is 2.29. The van der Waals surface area contributed by atoms with Crippen LogP contribution in [-0.4, -0.2) is 40.3 Å². The summed E-state index contributed by atoms with van der Waals surface area (Å²) in [4.78, 5) is 15.6. The quantitative estimate of drug-likeness (QED) is 0.521. The van der Waals surface area contributed by atoms with E-state index in [-0.39, 0.29) is 35.5 Å². The maximum atomic E-state index is 14.6. The van der Waals surface area contributed by atoms with Crippen molar-refractivity contribution in [2.75, 3.05) is 6.61 Å². The molecule has 2 aliphatic rings. The van der Waals surface area contributed by atoms with Crippen LogP contribution in [-0.2, 0) is 16.6 Å². The number of nitrogens with zero attached hydrogens (tertiary/aromatic N) is 2. The predicted octanol–water partition coefficient (Wildman–Crippen LogP) is 5.23. The molecule has 0 aliphatic heterocycles. The fourth-order valence-corrected chi connectivity index (χ4v) is 4.45. The van der Waals surface area contributed by atoms with E-state index in [9.17, 15) is 9.18 Å². The second-order valence-electron chi connectivity index (χ2n) is 9.00. The summed E-state index contributed by atoms with van der Waals surface area (Å²) >= 11 is 6.51. The Hall–Kier alpha value is -1.86. The number of ether oxygens (including phenoxy) is 3. The second kappa shape index (κ2) is 9.33. The first kappa shape index (κ1) is 22.3. The first-order valence-electron chi connectivity index (χ1n) is 11.1. The summed E-state index contributed by atoms with van der Waals surface area (Å²) in [5.41, 5.74) is 0.686. The molecule has 1 aromatic heterocycles. The van der Waals surface area contributed by atoms with Crippen LogP contribution < -0.4 is 9.47 Å². The van der Waals surface area contributed by atoms with E-state index in [0.717, 1.165) is 38.5 Å². The van der Waals surface area contributed by atoms with E-state index in [0.29, 0.717) is 35.3 Å². The number of aryl methyl sites for hydroxylation is 1. The Labute approximate surface area is 187 Å². The first-order chi connectivity index (χ1) is 14.8. The van der Waals surface area contributed by atoms with Crippen LogP contribution in [0.3, 0.4) is 0 Å². The highest BCUT2D eigenvalue weighted by Crippen LogP contribution is 2.39. The van der Waals surface area contributed by atoms with Gasteiger partial charge in [0, 0.05) is 26.1 Å². The molecule has 1 atom stereocenters. The van der Waals surface area contributed by atoms with Crippen molar-refractivity contribution in [3.63, 3.8) is 0 Å². The van der Waals surface area contributed by atoms with Gasteiger partial charge in [-0.15, -0.1) is 0 Å². The molecule has 8 heteroatoms. The van der Waals surface area contributed by atoms with Crippen molar-refractivity contribution < 1.29 is 23.4 Å². The topological polar surface area (TPSA) is 62.6 Å². The Morgan fingerprint density at radius 2 is 1.81 bits per heavy atom. The number of imidazole rings is 1. The van der Waals surface area contributed by atoms with E-state index < -0.39 is 5.82 Å². The summed E-state index contributed by atoms with van der Waals surface area (Å²) in [7, 11) is 1.78. The summed E-state index contributed by atoms with van der Waals surface area (Å²) < 4.78 is 34.2. The molecule has 0 unspecified atom stereocenters. The van der Waals surface area contributed by atoms with Crippen LogP contribution in [0, 0.1) is 11.7 Å². The van der Waals surface area contributed by atoms with Crippen LogP contribution in [0.4, 0.5) is 4.39 Å². The minimum absolute atomic E-state index is 0.00553. The molecule has 170 valence electrons. The number of carbonyl (C=O) groups excluding carboxylic acids is 1. The summed E-state index contributed by atoms with van der Waals surface area (Å²) in [6.45, 7) is 4.25. The van der Waals surface area contributed by atoms with E-state index >= 15 is 0 Å². The Morgan fingerprint density at radius 1 is 1.19 bits per heavy atom. The van der Waals surface area contributed by atoms with Crippen LogP contribution in [0.5, 0.6) is 11.8 Å². The maximum absolute atomic E-state index is 14.6. The Morgan fingerprint density at radius 3 is 2.45 bits per heavy atom. The molecule has 0 saturated heterocycles. The number of hydrogen-bond acceptors (Lipinski definition) is 5. The van der Waals surface area contributed by atoms with Crippen LogP contribution in [0.2, 0.25) is 5.02 Å². The van der Waals surface area contributed by atoms with E-state index in [1.165, 1.54) is 6.07 Å². The van der Waals surface area contributed by atoms with Gasteiger partial charge in [0.25, 0.3) is 6.01 Å². The lowest BCUT2D eigenvalue weighted by atomic mass is 9.95. The maximum Gasteiger partial charge on any atom is 0.297 e. The molecule has 0 bridgehead atoms. The molecule has 2 aromatic rings. The Kier molecular flexibility index (Phi) is 6.72. The molecular formula is C23H30ClFN2O4. The Bertz CT molecular complexity index is 951. The third-order valence-electron chi connectivity index (χ3n) is 5.93. The molecule has 2 saturated carbocycles. The predicted molar refractivity (Wildman–Crippen MR) is 116 cm³/mol. The van der Waals surface area contributed by atoms with Gasteiger partial charge in [0.2, 0.25) is 0 Å². The Balaban J connectivity index is 1.37. The average molecular weight is 453 g/mol. The summed E-state index contributed by atoms with van der Waals surface area (Å²) in [5, 5.41) is 0.366. The summed E-state index contributed by atoms with van der Waals surface area (Å²) in [6, 6.07) is 1.67. The molecule has 31 heavy (non-hydrogen) atoms. The third kappa shape index (κ3) is 5.32. The van der Waals surface area contributed by atoms with E-state index in [4.69, 9.17) is 25.8 Å². The van der Waals surface area contributed by atoms with Gasteiger partial charge in [0.05, 0.1) is 17.7 Å². The molecule has 1 heterocycles. The van der Waals surface area contributed by atoms with Crippen molar-refractivity contribution in [3.8, 4) is 11.8 Å². The molecule has 0 spiro atoms. The highest BCUT2D eigenvalue weighted by molar-refractivity contribution is 6.36. The number of Topliss-reactive ketones (excluding diaryl/α,β-unsaturated/α-hetero) is 1. The second-order valence-corrected chi connectivity index (χ2v) is 9.38. The zero-order valence-electron chi connectivity index (χ0n) is 18.3. The van der Waals surface area contributed by atoms with Gasteiger partial charge in [-0.25, -0.2) is 4.39 Å². The standard InChI is InChI=1S/C23H30ClFN2O4/c1-13(10-14(2)28)12-29-15-4-6-17(7-5-15)31-23-26-21-18(25)11-19(30-16-8-9-16)20(24)22(21)27(23)3/h11,13,15-17H,4-10,12H2,1-3H3/t13-,15?,17?/m1/s1. The van der Waals surface area contributed by atoms with Crippen LogP contribution in [0.15, 0.2) is 6.07 Å². The first-order valence-corrected chi connectivity index (χ1v) is 11.5. The number of fused-ring (bicyclic) bond motifs is 1. The van der Waals surface area contributed by atoms with Crippen molar-refractivity contribution in [1.82, 2.24) is 9.55 Å². The van der Waals surface area contributed by atoms with Crippen LogP contribution >= 0.6 is 11.6 Å². The van der Waals surface area contributed by atoms with Crippen molar-refractivity contribution in [2.24, 2.45) is 13.0 Å². The van der Waals surface area contributed by atoms with Gasteiger partial charge in [0.15, 0.2) is 5.82 Å². The van der Waals surface area contributed by atoms with E-state index in [1.54, 1.807) is 18.5 Å². The minimum Gasteiger partial charge on any atom is -0.489 e. The van der Waals surface area contributed by atoms with Crippen molar-refractivity contribution in [2.45, 2.75) is 77.1 Å². The van der Waals surface area contributed by atoms with Crippen LogP contribution in [0.1, 0.15) is 58.8 Å². The smallest absolute Gasteiger partial charge is 0.297 e. The number of rotatable bonds is 9. The minimum atomic E-state index is -0.461. The van der Waals surface area contributed by atoms with Crippen molar-refractivity contribution >= 4 is 28.4 Å². The van der Waals surface area contributed by atoms with Gasteiger partial charge in [-0.05, 0) is 51.4 Å². The number of ketones is 1. The largest absolute Gasteiger partial charge is 0.489 e. The normalized spacial score (nSPS) is 22.5. The molecule has 0 radical (unpaired) electrons. The van der Waals surface area contributed by atoms with Gasteiger partial charge in [0.1, 0.15) is 28.2 Å². The molecular weight excluding hydrogens is 423 g/mol. The lowest BCUT2D eigenvalue weighted by Crippen LogP contribution is -2.30. The van der Waals surface area contributed by atoms with Gasteiger partial charge in [-0.1, -0.05) is 18.5 Å². The average Bonchev–Trinajstić information content (AvgIpc) is 3.47.